The van der Waals surface area contributed by atoms with Crippen molar-refractivity contribution in [3.8, 4) is 12.3 Å². The molecule has 2 aromatic rings. The molecule has 1 unspecified atom stereocenters. The molecule has 7 nitrogen and oxygen atoms in total. The van der Waals surface area contributed by atoms with Gasteiger partial charge in [-0.1, -0.05) is 37.5 Å². The lowest BCUT2D eigenvalue weighted by Gasteiger charge is -2.32. The summed E-state index contributed by atoms with van der Waals surface area (Å²) < 4.78 is 40.0. The van der Waals surface area contributed by atoms with Crippen molar-refractivity contribution in [1.82, 2.24) is 5.32 Å². The first-order valence-electron chi connectivity index (χ1n) is 10.6. The average Bonchev–Trinajstić information content (AvgIpc) is 2.82. The number of nitrogens with one attached hydrogen (secondary N) is 1. The molecular formula is C24H22F3N3O4. The van der Waals surface area contributed by atoms with Crippen LogP contribution in [0.15, 0.2) is 48.5 Å². The van der Waals surface area contributed by atoms with Gasteiger partial charge in [-0.25, -0.2) is 0 Å². The van der Waals surface area contributed by atoms with E-state index >= 15 is 0 Å². The predicted octanol–water partition coefficient (Wildman–Crippen LogP) is 4.77. The van der Waals surface area contributed by atoms with Gasteiger partial charge in [0.05, 0.1) is 10.5 Å². The van der Waals surface area contributed by atoms with Gasteiger partial charge in [0.1, 0.15) is 6.04 Å². The van der Waals surface area contributed by atoms with Crippen molar-refractivity contribution in [1.29, 1.82) is 0 Å². The van der Waals surface area contributed by atoms with Gasteiger partial charge >= 0.3 is 12.1 Å². The minimum Gasteiger partial charge on any atom is -0.351 e. The number of alkyl halides is 3. The topological polar surface area (TPSA) is 92.6 Å². The molecule has 1 aliphatic rings. The molecule has 1 N–H and O–H groups in total. The van der Waals surface area contributed by atoms with Crippen LogP contribution in [0.1, 0.15) is 49.3 Å². The Morgan fingerprint density at radius 3 is 2.41 bits per heavy atom. The van der Waals surface area contributed by atoms with Crippen LogP contribution in [0.25, 0.3) is 0 Å². The lowest BCUT2D eigenvalue weighted by atomic mass is 9.94. The number of nitrogens with zero attached hydrogens (tertiary/aromatic N) is 2. The molecule has 1 fully saturated rings. The first-order valence-corrected chi connectivity index (χ1v) is 10.6. The van der Waals surface area contributed by atoms with Gasteiger partial charge in [0, 0.05) is 23.9 Å². The summed E-state index contributed by atoms with van der Waals surface area (Å²) in [5.41, 5.74) is -1.59. The number of rotatable bonds is 6. The number of hydrogen-bond donors (Lipinski definition) is 1. The predicted molar refractivity (Wildman–Crippen MR) is 119 cm³/mol. The van der Waals surface area contributed by atoms with Gasteiger partial charge in [-0.2, -0.15) is 13.2 Å². The number of hydrogen-bond acceptors (Lipinski definition) is 4. The maximum atomic E-state index is 13.4. The van der Waals surface area contributed by atoms with E-state index in [2.05, 4.69) is 5.32 Å². The Balaban J connectivity index is 2.13. The van der Waals surface area contributed by atoms with Gasteiger partial charge in [-0.15, -0.1) is 6.42 Å². The van der Waals surface area contributed by atoms with Crippen LogP contribution in [-0.2, 0) is 15.8 Å². The minimum atomic E-state index is -4.70. The summed E-state index contributed by atoms with van der Waals surface area (Å²) in [6, 6.07) is 7.19. The smallest absolute Gasteiger partial charge is 0.351 e. The van der Waals surface area contributed by atoms with E-state index in [1.165, 1.54) is 24.3 Å². The Bertz CT molecular complexity index is 1120. The third-order valence-corrected chi connectivity index (χ3v) is 5.65. The number of carbonyl (C=O) groups excluding carboxylic acids is 2. The van der Waals surface area contributed by atoms with Gasteiger partial charge in [-0.3, -0.25) is 24.6 Å². The summed E-state index contributed by atoms with van der Waals surface area (Å²) in [4.78, 5) is 37.7. The van der Waals surface area contributed by atoms with Crippen molar-refractivity contribution in [3.05, 3.63) is 69.8 Å². The number of carbonyl (C=O) groups is 2. The summed E-state index contributed by atoms with van der Waals surface area (Å²) in [6.07, 6.45) is 4.84. The molecule has 3 rings (SSSR count). The van der Waals surface area contributed by atoms with E-state index in [9.17, 15) is 32.9 Å². The average molecular weight is 473 g/mol. The third-order valence-electron chi connectivity index (χ3n) is 5.65. The lowest BCUT2D eigenvalue weighted by molar-refractivity contribution is -0.384. The third kappa shape index (κ3) is 5.73. The molecule has 1 saturated carbocycles. The van der Waals surface area contributed by atoms with Gasteiger partial charge in [0.15, 0.2) is 0 Å². The van der Waals surface area contributed by atoms with Crippen molar-refractivity contribution in [2.45, 2.75) is 50.4 Å². The number of anilines is 1. The second kappa shape index (κ2) is 10.4. The number of halogens is 3. The van der Waals surface area contributed by atoms with Crippen molar-refractivity contribution >= 4 is 23.2 Å². The number of non-ortho nitro benzene ring substituents is 1. The van der Waals surface area contributed by atoms with E-state index < -0.39 is 34.5 Å². The van der Waals surface area contributed by atoms with E-state index in [-0.39, 0.29) is 23.0 Å². The van der Waals surface area contributed by atoms with Crippen LogP contribution >= 0.6 is 0 Å². The van der Waals surface area contributed by atoms with Gasteiger partial charge in [-0.05, 0) is 42.5 Å². The van der Waals surface area contributed by atoms with E-state index in [1.807, 2.05) is 5.92 Å². The van der Waals surface area contributed by atoms with Crippen LogP contribution in [-0.4, -0.2) is 22.8 Å². The molecule has 0 spiro atoms. The first kappa shape index (κ1) is 24.8. The summed E-state index contributed by atoms with van der Waals surface area (Å²) in [6.45, 7) is 0. The van der Waals surface area contributed by atoms with Crippen LogP contribution in [0.4, 0.5) is 24.5 Å². The van der Waals surface area contributed by atoms with Crippen LogP contribution in [0.3, 0.4) is 0 Å². The molecule has 0 aromatic heterocycles. The lowest BCUT2D eigenvalue weighted by Crippen LogP contribution is -2.47. The van der Waals surface area contributed by atoms with Crippen molar-refractivity contribution < 1.29 is 27.7 Å². The highest BCUT2D eigenvalue weighted by Gasteiger charge is 2.36. The highest BCUT2D eigenvalue weighted by molar-refractivity contribution is 6.09. The summed E-state index contributed by atoms with van der Waals surface area (Å²) in [5.74, 6) is 0.113. The Labute approximate surface area is 194 Å². The first-order chi connectivity index (χ1) is 16.1. The zero-order valence-corrected chi connectivity index (χ0v) is 18.0. The zero-order chi connectivity index (χ0) is 24.9. The van der Waals surface area contributed by atoms with Crippen molar-refractivity contribution in [3.63, 3.8) is 0 Å². The van der Waals surface area contributed by atoms with Crippen LogP contribution in [0.2, 0.25) is 0 Å². The summed E-state index contributed by atoms with van der Waals surface area (Å²) >= 11 is 0. The number of benzene rings is 2. The SMILES string of the molecule is C#CC(=O)N(c1cccc(C(F)(F)F)c1)C(C(=O)NC1CCCCC1)c1cccc([N+](=O)[O-])c1. The van der Waals surface area contributed by atoms with Crippen LogP contribution < -0.4 is 10.2 Å². The molecule has 34 heavy (non-hydrogen) atoms. The highest BCUT2D eigenvalue weighted by atomic mass is 19.4. The minimum absolute atomic E-state index is 0.0449. The Kier molecular flexibility index (Phi) is 7.56. The van der Waals surface area contributed by atoms with Crippen molar-refractivity contribution in [2.75, 3.05) is 4.90 Å². The second-order valence-electron chi connectivity index (χ2n) is 7.97. The Hall–Kier alpha value is -3.87. The molecule has 2 aromatic carbocycles. The fourth-order valence-electron chi connectivity index (χ4n) is 4.04. The van der Waals surface area contributed by atoms with Gasteiger partial charge in [0.2, 0.25) is 5.91 Å². The Morgan fingerprint density at radius 1 is 1.12 bits per heavy atom. The fraction of sp³-hybridized carbons (Fsp3) is 0.333. The molecule has 2 amide bonds. The van der Waals surface area contributed by atoms with E-state index in [1.54, 1.807) is 0 Å². The maximum absolute atomic E-state index is 13.4. The largest absolute Gasteiger partial charge is 0.416 e. The molecule has 178 valence electrons. The van der Waals surface area contributed by atoms with E-state index in [0.29, 0.717) is 18.9 Å². The van der Waals surface area contributed by atoms with Crippen LogP contribution in [0.5, 0.6) is 0 Å². The maximum Gasteiger partial charge on any atom is 0.416 e. The number of amides is 2. The summed E-state index contributed by atoms with van der Waals surface area (Å²) in [5, 5.41) is 14.2. The monoisotopic (exact) mass is 473 g/mol. The number of nitro groups is 1. The molecule has 0 bridgehead atoms. The summed E-state index contributed by atoms with van der Waals surface area (Å²) in [7, 11) is 0. The molecule has 0 radical (unpaired) electrons. The van der Waals surface area contributed by atoms with Crippen molar-refractivity contribution in [2.24, 2.45) is 0 Å². The molecule has 1 atom stereocenters. The van der Waals surface area contributed by atoms with E-state index in [0.717, 1.165) is 42.4 Å². The molecule has 10 heteroatoms. The molecule has 1 aliphatic carbocycles. The molecule has 0 aliphatic heterocycles. The molecule has 0 heterocycles. The Morgan fingerprint density at radius 2 is 1.79 bits per heavy atom. The number of terminal acetylenes is 1. The normalized spacial score (nSPS) is 15.1. The standard InChI is InChI=1S/C24H22F3N3O4/c1-2-21(31)29(19-12-7-9-17(15-19)24(25,26)27)22(16-8-6-13-20(14-16)30(33)34)23(32)28-18-10-4-3-5-11-18/h1,6-9,12-15,18,22H,3-5,10-11H2,(H,28,32). The highest BCUT2D eigenvalue weighted by Crippen LogP contribution is 2.35. The number of nitro benzene ring substituents is 1. The van der Waals surface area contributed by atoms with E-state index in [4.69, 9.17) is 6.42 Å². The molecular weight excluding hydrogens is 451 g/mol. The fourth-order valence-corrected chi connectivity index (χ4v) is 4.04. The molecule has 0 saturated heterocycles. The second-order valence-corrected chi connectivity index (χ2v) is 7.97. The van der Waals surface area contributed by atoms with Gasteiger partial charge < -0.3 is 5.32 Å². The zero-order valence-electron chi connectivity index (χ0n) is 18.0. The van der Waals surface area contributed by atoms with Gasteiger partial charge in [0.25, 0.3) is 5.69 Å². The van der Waals surface area contributed by atoms with Crippen LogP contribution in [0, 0.1) is 22.5 Å². The quantitative estimate of drug-likeness (QED) is 0.372.